The van der Waals surface area contributed by atoms with E-state index in [-0.39, 0.29) is 28.7 Å². The number of sulfone groups is 1. The van der Waals surface area contributed by atoms with Gasteiger partial charge in [-0.25, -0.2) is 27.5 Å². The van der Waals surface area contributed by atoms with Gasteiger partial charge in [-0.3, -0.25) is 4.79 Å². The molecular weight excluding hydrogens is 569 g/mol. The summed E-state index contributed by atoms with van der Waals surface area (Å²) in [6.07, 6.45) is 5.28. The minimum Gasteiger partial charge on any atom is -0.369 e. The van der Waals surface area contributed by atoms with Crippen LogP contribution in [0.5, 0.6) is 0 Å². The third-order valence-corrected chi connectivity index (χ3v) is 9.46. The molecule has 43 heavy (non-hydrogen) atoms. The van der Waals surface area contributed by atoms with Crippen LogP contribution < -0.4 is 10.5 Å². The van der Waals surface area contributed by atoms with Crippen molar-refractivity contribution in [2.24, 2.45) is 7.05 Å². The zero-order valence-electron chi connectivity index (χ0n) is 24.0. The largest absolute Gasteiger partial charge is 0.369 e. The lowest BCUT2D eigenvalue weighted by atomic mass is 9.91. The second kappa shape index (κ2) is 11.7. The Morgan fingerprint density at radius 1 is 1.05 bits per heavy atom. The van der Waals surface area contributed by atoms with Crippen LogP contribution in [0.1, 0.15) is 36.9 Å². The highest BCUT2D eigenvalue weighted by Gasteiger charge is 2.26. The topological polar surface area (TPSA) is 116 Å². The monoisotopic (exact) mass is 601 g/mol. The molecule has 0 amide bonds. The van der Waals surface area contributed by atoms with Crippen LogP contribution in [0.2, 0.25) is 0 Å². The van der Waals surface area contributed by atoms with E-state index in [9.17, 15) is 17.6 Å². The zero-order valence-corrected chi connectivity index (χ0v) is 24.8. The third-order valence-electron chi connectivity index (χ3n) is 7.89. The van der Waals surface area contributed by atoms with E-state index in [1.807, 2.05) is 24.3 Å². The molecule has 5 aromatic rings. The van der Waals surface area contributed by atoms with E-state index < -0.39 is 21.2 Å². The summed E-state index contributed by atoms with van der Waals surface area (Å²) in [5, 5.41) is 7.75. The first-order chi connectivity index (χ1) is 20.7. The number of halogens is 1. The Morgan fingerprint density at radius 2 is 1.84 bits per heavy atom. The number of fused-ring (bicyclic) bond motifs is 1. The van der Waals surface area contributed by atoms with Crippen LogP contribution in [0.3, 0.4) is 0 Å². The van der Waals surface area contributed by atoms with Gasteiger partial charge in [0.15, 0.2) is 5.82 Å². The van der Waals surface area contributed by atoms with Crippen molar-refractivity contribution in [1.29, 1.82) is 0 Å². The SMILES string of the molecule is Cc1cc(-c2cc(F)c(=O)n(Cc3ccc4nnn(C)c4c3)c2)nc(S(=O)(=O)CCCN(c2ccccc2)C2CCC2)n1. The number of rotatable bonds is 10. The summed E-state index contributed by atoms with van der Waals surface area (Å²) >= 11 is 0. The lowest BCUT2D eigenvalue weighted by Gasteiger charge is -2.39. The maximum absolute atomic E-state index is 14.9. The summed E-state index contributed by atoms with van der Waals surface area (Å²) in [5.74, 6) is -1.08. The maximum Gasteiger partial charge on any atom is 0.286 e. The first-order valence-corrected chi connectivity index (χ1v) is 15.9. The molecule has 3 aromatic heterocycles. The molecule has 1 saturated carbocycles. The predicted molar refractivity (Wildman–Crippen MR) is 162 cm³/mol. The summed E-state index contributed by atoms with van der Waals surface area (Å²) in [5.41, 5.74) is 3.48. The molecule has 0 unspecified atom stereocenters. The number of hydrogen-bond donors (Lipinski definition) is 0. The van der Waals surface area contributed by atoms with Crippen molar-refractivity contribution in [3.8, 4) is 11.3 Å². The summed E-state index contributed by atoms with van der Waals surface area (Å²) < 4.78 is 44.6. The van der Waals surface area contributed by atoms with Gasteiger partial charge in [-0.2, -0.15) is 0 Å². The lowest BCUT2D eigenvalue weighted by Crippen LogP contribution is -2.41. The molecule has 222 valence electrons. The predicted octanol–water partition coefficient (Wildman–Crippen LogP) is 4.31. The van der Waals surface area contributed by atoms with Crippen LogP contribution in [0.25, 0.3) is 22.3 Å². The van der Waals surface area contributed by atoms with Crippen molar-refractivity contribution >= 4 is 26.6 Å². The molecule has 0 N–H and O–H groups in total. The molecular formula is C31H32FN7O3S. The van der Waals surface area contributed by atoms with E-state index >= 15 is 0 Å². The number of benzene rings is 2. The van der Waals surface area contributed by atoms with Gasteiger partial charge in [0.05, 0.1) is 23.5 Å². The Balaban J connectivity index is 1.24. The van der Waals surface area contributed by atoms with E-state index in [4.69, 9.17) is 0 Å². The fraction of sp³-hybridized carbons (Fsp3) is 0.323. The standard InChI is InChI=1S/C31H32FN7O3S/c1-21-16-28(23-18-26(32)30(40)38(20-23)19-22-12-13-27-29(17-22)37(2)36-35-27)34-31(33-21)43(41,42)15-7-14-39(25-10-6-11-25)24-8-4-3-5-9-24/h3-5,8-9,12-13,16-18,20,25H,6-7,10-11,14-15,19H2,1-2H3. The summed E-state index contributed by atoms with van der Waals surface area (Å²) in [7, 11) is -2.06. The van der Waals surface area contributed by atoms with Gasteiger partial charge in [0.1, 0.15) is 5.52 Å². The van der Waals surface area contributed by atoms with E-state index in [0.717, 1.165) is 35.7 Å². The zero-order chi connectivity index (χ0) is 30.1. The van der Waals surface area contributed by atoms with Gasteiger partial charge in [0.25, 0.3) is 5.56 Å². The van der Waals surface area contributed by atoms with Crippen LogP contribution >= 0.6 is 0 Å². The molecule has 1 aliphatic rings. The highest BCUT2D eigenvalue weighted by atomic mass is 32.2. The smallest absolute Gasteiger partial charge is 0.286 e. The molecule has 1 aliphatic carbocycles. The Morgan fingerprint density at radius 3 is 2.58 bits per heavy atom. The van der Waals surface area contributed by atoms with Crippen molar-refractivity contribution in [2.75, 3.05) is 17.2 Å². The molecule has 10 nitrogen and oxygen atoms in total. The van der Waals surface area contributed by atoms with Crippen molar-refractivity contribution in [3.05, 3.63) is 94.3 Å². The van der Waals surface area contributed by atoms with Gasteiger partial charge in [-0.15, -0.1) is 5.10 Å². The lowest BCUT2D eigenvalue weighted by molar-refractivity contribution is 0.386. The second-order valence-corrected chi connectivity index (χ2v) is 13.0. The van der Waals surface area contributed by atoms with Gasteiger partial charge in [0.2, 0.25) is 15.0 Å². The molecule has 0 aliphatic heterocycles. The second-order valence-electron chi connectivity index (χ2n) is 11.0. The number of hydrogen-bond acceptors (Lipinski definition) is 8. The minimum absolute atomic E-state index is 0.0961. The fourth-order valence-electron chi connectivity index (χ4n) is 5.41. The van der Waals surface area contributed by atoms with E-state index in [1.54, 1.807) is 36.9 Å². The molecule has 1 fully saturated rings. The highest BCUT2D eigenvalue weighted by Crippen LogP contribution is 2.30. The molecule has 12 heteroatoms. The molecule has 0 spiro atoms. The summed E-state index contributed by atoms with van der Waals surface area (Å²) in [6.45, 7) is 2.36. The molecule has 0 atom stereocenters. The molecule has 6 rings (SSSR count). The summed E-state index contributed by atoms with van der Waals surface area (Å²) in [6, 6.07) is 18.6. The molecule has 3 heterocycles. The van der Waals surface area contributed by atoms with E-state index in [2.05, 4.69) is 37.3 Å². The van der Waals surface area contributed by atoms with Crippen molar-refractivity contribution in [1.82, 2.24) is 29.5 Å². The Bertz CT molecular complexity index is 1950. The van der Waals surface area contributed by atoms with Crippen LogP contribution in [-0.4, -0.2) is 56.3 Å². The number of pyridine rings is 1. The molecule has 0 radical (unpaired) electrons. The van der Waals surface area contributed by atoms with Crippen LogP contribution in [0.15, 0.2) is 76.8 Å². The minimum atomic E-state index is -3.83. The number of nitrogens with zero attached hydrogens (tertiary/aromatic N) is 7. The average Bonchev–Trinajstić information content (AvgIpc) is 3.33. The number of aryl methyl sites for hydroxylation is 2. The quantitative estimate of drug-likeness (QED) is 0.218. The summed E-state index contributed by atoms with van der Waals surface area (Å²) in [4.78, 5) is 23.6. The molecule has 2 aromatic carbocycles. The molecule has 0 bridgehead atoms. The normalized spacial score (nSPS) is 13.7. The number of anilines is 1. The average molecular weight is 602 g/mol. The van der Waals surface area contributed by atoms with Crippen molar-refractivity contribution in [3.63, 3.8) is 0 Å². The first-order valence-electron chi connectivity index (χ1n) is 14.3. The Labute approximate surface area is 248 Å². The van der Waals surface area contributed by atoms with Crippen LogP contribution in [-0.2, 0) is 23.4 Å². The molecule has 0 saturated heterocycles. The van der Waals surface area contributed by atoms with Crippen molar-refractivity contribution in [2.45, 2.75) is 50.4 Å². The van der Waals surface area contributed by atoms with Gasteiger partial charge in [0, 0.05) is 42.8 Å². The van der Waals surface area contributed by atoms with Gasteiger partial charge in [-0.1, -0.05) is 29.5 Å². The van der Waals surface area contributed by atoms with Crippen LogP contribution in [0, 0.1) is 12.7 Å². The van der Waals surface area contributed by atoms with E-state index in [1.165, 1.54) is 17.2 Å². The van der Waals surface area contributed by atoms with Gasteiger partial charge >= 0.3 is 0 Å². The number of aromatic nitrogens is 6. The van der Waals surface area contributed by atoms with E-state index in [0.29, 0.717) is 30.2 Å². The number of para-hydroxylation sites is 1. The van der Waals surface area contributed by atoms with Crippen molar-refractivity contribution < 1.29 is 12.8 Å². The van der Waals surface area contributed by atoms with Crippen LogP contribution in [0.4, 0.5) is 10.1 Å². The Hall–Kier alpha value is -4.45. The fourth-order valence-corrected chi connectivity index (χ4v) is 6.63. The third kappa shape index (κ3) is 6.05. The first kappa shape index (κ1) is 28.7. The maximum atomic E-state index is 14.9. The van der Waals surface area contributed by atoms with Gasteiger partial charge in [-0.05, 0) is 74.6 Å². The van der Waals surface area contributed by atoms with Gasteiger partial charge < -0.3 is 9.47 Å². The Kier molecular flexibility index (Phi) is 7.78. The highest BCUT2D eigenvalue weighted by molar-refractivity contribution is 7.91.